The van der Waals surface area contributed by atoms with E-state index in [1.165, 1.54) is 5.56 Å². The second-order valence-corrected chi connectivity index (χ2v) is 5.01. The third-order valence-electron chi connectivity index (χ3n) is 3.00. The van der Waals surface area contributed by atoms with Gasteiger partial charge in [-0.1, -0.05) is 22.0 Å². The molecule has 0 saturated heterocycles. The number of halogens is 1. The smallest absolute Gasteiger partial charge is 0.222 e. The van der Waals surface area contributed by atoms with Crippen molar-refractivity contribution in [3.63, 3.8) is 0 Å². The van der Waals surface area contributed by atoms with Crippen molar-refractivity contribution in [2.45, 2.75) is 12.8 Å². The van der Waals surface area contributed by atoms with Crippen LogP contribution in [0.5, 0.6) is 0 Å². The average molecular weight is 291 g/mol. The fourth-order valence-electron chi connectivity index (χ4n) is 2.29. The SMILES string of the molecule is Nc1nc(N)c2c(n1)CCc1cc(Br)ccc1-2. The number of nitrogen functional groups attached to an aromatic ring is 2. The Morgan fingerprint density at radius 1 is 1.12 bits per heavy atom. The molecule has 1 aliphatic rings. The number of aryl methyl sites for hydroxylation is 2. The van der Waals surface area contributed by atoms with Gasteiger partial charge in [-0.05, 0) is 36.1 Å². The number of aromatic nitrogens is 2. The van der Waals surface area contributed by atoms with Crippen LogP contribution in [0, 0.1) is 0 Å². The Kier molecular flexibility index (Phi) is 2.29. The maximum atomic E-state index is 5.95. The van der Waals surface area contributed by atoms with Crippen molar-refractivity contribution in [1.29, 1.82) is 0 Å². The van der Waals surface area contributed by atoms with Crippen LogP contribution in [0.25, 0.3) is 11.1 Å². The molecule has 0 unspecified atom stereocenters. The molecular weight excluding hydrogens is 280 g/mol. The van der Waals surface area contributed by atoms with Gasteiger partial charge >= 0.3 is 0 Å². The lowest BCUT2D eigenvalue weighted by Gasteiger charge is -2.20. The van der Waals surface area contributed by atoms with Crippen molar-refractivity contribution >= 4 is 27.7 Å². The molecule has 0 bridgehead atoms. The minimum Gasteiger partial charge on any atom is -0.383 e. The summed E-state index contributed by atoms with van der Waals surface area (Å²) >= 11 is 3.48. The van der Waals surface area contributed by atoms with Gasteiger partial charge in [0.05, 0.1) is 5.69 Å². The highest BCUT2D eigenvalue weighted by Crippen LogP contribution is 2.37. The van der Waals surface area contributed by atoms with Crippen molar-refractivity contribution < 1.29 is 0 Å². The van der Waals surface area contributed by atoms with E-state index in [0.29, 0.717) is 5.82 Å². The predicted octanol–water partition coefficient (Wildman–Crippen LogP) is 2.17. The number of fused-ring (bicyclic) bond motifs is 3. The van der Waals surface area contributed by atoms with E-state index in [-0.39, 0.29) is 5.95 Å². The average Bonchev–Trinajstić information content (AvgIpc) is 2.28. The van der Waals surface area contributed by atoms with Gasteiger partial charge in [-0.25, -0.2) is 4.98 Å². The first-order chi connectivity index (χ1) is 8.15. The molecular formula is C12H11BrN4. The molecule has 5 heteroatoms. The Morgan fingerprint density at radius 2 is 1.94 bits per heavy atom. The van der Waals surface area contributed by atoms with Crippen molar-refractivity contribution in [3.05, 3.63) is 33.9 Å². The Hall–Kier alpha value is -1.62. The zero-order valence-electron chi connectivity index (χ0n) is 9.07. The van der Waals surface area contributed by atoms with E-state index < -0.39 is 0 Å². The minimum absolute atomic E-state index is 0.252. The van der Waals surface area contributed by atoms with Crippen LogP contribution < -0.4 is 11.5 Å². The van der Waals surface area contributed by atoms with Gasteiger partial charge in [-0.2, -0.15) is 4.98 Å². The van der Waals surface area contributed by atoms with Crippen molar-refractivity contribution in [2.75, 3.05) is 11.5 Å². The predicted molar refractivity (Wildman–Crippen MR) is 71.4 cm³/mol. The van der Waals surface area contributed by atoms with Gasteiger partial charge in [0.2, 0.25) is 5.95 Å². The summed E-state index contributed by atoms with van der Waals surface area (Å²) in [7, 11) is 0. The van der Waals surface area contributed by atoms with Crippen molar-refractivity contribution in [2.24, 2.45) is 0 Å². The molecule has 0 fully saturated rings. The fraction of sp³-hybridized carbons (Fsp3) is 0.167. The highest BCUT2D eigenvalue weighted by atomic mass is 79.9. The summed E-state index contributed by atoms with van der Waals surface area (Å²) < 4.78 is 1.08. The molecule has 2 aromatic rings. The Balaban J connectivity index is 2.29. The minimum atomic E-state index is 0.252. The molecule has 0 saturated carbocycles. The van der Waals surface area contributed by atoms with E-state index in [9.17, 15) is 0 Å². The summed E-state index contributed by atoms with van der Waals surface area (Å²) in [4.78, 5) is 8.31. The van der Waals surface area contributed by atoms with Crippen LogP contribution >= 0.6 is 15.9 Å². The summed E-state index contributed by atoms with van der Waals surface area (Å²) in [5.41, 5.74) is 15.8. The van der Waals surface area contributed by atoms with E-state index in [0.717, 1.165) is 34.1 Å². The molecule has 0 amide bonds. The van der Waals surface area contributed by atoms with Crippen LogP contribution in [-0.2, 0) is 12.8 Å². The third-order valence-corrected chi connectivity index (χ3v) is 3.49. The molecule has 1 heterocycles. The van der Waals surface area contributed by atoms with E-state index >= 15 is 0 Å². The van der Waals surface area contributed by atoms with Gasteiger partial charge in [-0.15, -0.1) is 0 Å². The largest absolute Gasteiger partial charge is 0.383 e. The van der Waals surface area contributed by atoms with Crippen LogP contribution in [-0.4, -0.2) is 9.97 Å². The van der Waals surface area contributed by atoms with E-state index in [4.69, 9.17) is 11.5 Å². The van der Waals surface area contributed by atoms with Gasteiger partial charge in [0.15, 0.2) is 0 Å². The summed E-state index contributed by atoms with van der Waals surface area (Å²) in [6.07, 6.45) is 1.81. The lowest BCUT2D eigenvalue weighted by atomic mass is 9.89. The van der Waals surface area contributed by atoms with Crippen LogP contribution in [0.15, 0.2) is 22.7 Å². The molecule has 3 rings (SSSR count). The van der Waals surface area contributed by atoms with Crippen LogP contribution in [0.1, 0.15) is 11.3 Å². The number of anilines is 2. The molecule has 0 aliphatic heterocycles. The summed E-state index contributed by atoms with van der Waals surface area (Å²) in [6.45, 7) is 0. The Morgan fingerprint density at radius 3 is 2.76 bits per heavy atom. The second kappa shape index (κ2) is 3.70. The zero-order chi connectivity index (χ0) is 12.0. The molecule has 86 valence electrons. The molecule has 1 aromatic carbocycles. The Labute approximate surface area is 107 Å². The van der Waals surface area contributed by atoms with Gasteiger partial charge in [-0.3, -0.25) is 0 Å². The van der Waals surface area contributed by atoms with E-state index in [1.807, 2.05) is 12.1 Å². The van der Waals surface area contributed by atoms with Crippen LogP contribution in [0.2, 0.25) is 0 Å². The number of nitrogens with zero attached hydrogens (tertiary/aromatic N) is 2. The summed E-state index contributed by atoms with van der Waals surface area (Å²) in [6, 6.07) is 6.17. The maximum Gasteiger partial charge on any atom is 0.222 e. The molecule has 1 aromatic heterocycles. The van der Waals surface area contributed by atoms with Crippen LogP contribution in [0.4, 0.5) is 11.8 Å². The topological polar surface area (TPSA) is 77.8 Å². The highest BCUT2D eigenvalue weighted by molar-refractivity contribution is 9.10. The van der Waals surface area contributed by atoms with E-state index in [2.05, 4.69) is 32.0 Å². The van der Waals surface area contributed by atoms with Crippen molar-refractivity contribution in [3.8, 4) is 11.1 Å². The summed E-state index contributed by atoms with van der Waals surface area (Å²) in [5.74, 6) is 0.720. The lowest BCUT2D eigenvalue weighted by Crippen LogP contribution is -2.12. The standard InChI is InChI=1S/C12H11BrN4/c13-7-2-3-8-6(5-7)1-4-9-10(8)11(14)17-12(15)16-9/h2-3,5H,1,4H2,(H4,14,15,16,17). The molecule has 17 heavy (non-hydrogen) atoms. The van der Waals surface area contributed by atoms with Crippen LogP contribution in [0.3, 0.4) is 0 Å². The third kappa shape index (κ3) is 1.67. The normalized spacial score (nSPS) is 13.0. The van der Waals surface area contributed by atoms with Gasteiger partial charge in [0, 0.05) is 10.0 Å². The number of nitrogens with two attached hydrogens (primary N) is 2. The first-order valence-corrected chi connectivity index (χ1v) is 6.15. The molecule has 0 atom stereocenters. The highest BCUT2D eigenvalue weighted by Gasteiger charge is 2.21. The molecule has 0 spiro atoms. The maximum absolute atomic E-state index is 5.95. The number of hydrogen-bond donors (Lipinski definition) is 2. The fourth-order valence-corrected chi connectivity index (χ4v) is 2.70. The molecule has 4 nitrogen and oxygen atoms in total. The second-order valence-electron chi connectivity index (χ2n) is 4.09. The number of rotatable bonds is 0. The monoisotopic (exact) mass is 290 g/mol. The zero-order valence-corrected chi connectivity index (χ0v) is 10.7. The number of benzene rings is 1. The molecule has 1 aliphatic carbocycles. The van der Waals surface area contributed by atoms with Crippen molar-refractivity contribution in [1.82, 2.24) is 9.97 Å². The molecule has 4 N–H and O–H groups in total. The van der Waals surface area contributed by atoms with E-state index in [1.54, 1.807) is 0 Å². The summed E-state index contributed by atoms with van der Waals surface area (Å²) in [5, 5.41) is 0. The van der Waals surface area contributed by atoms with Gasteiger partial charge in [0.1, 0.15) is 5.82 Å². The number of hydrogen-bond acceptors (Lipinski definition) is 4. The lowest BCUT2D eigenvalue weighted by molar-refractivity contribution is 0.889. The first kappa shape index (κ1) is 10.5. The quantitative estimate of drug-likeness (QED) is 0.779. The first-order valence-electron chi connectivity index (χ1n) is 5.36. The Bertz CT molecular complexity index is 610. The molecule has 0 radical (unpaired) electrons. The van der Waals surface area contributed by atoms with Gasteiger partial charge in [0.25, 0.3) is 0 Å². The van der Waals surface area contributed by atoms with Gasteiger partial charge < -0.3 is 11.5 Å².